The van der Waals surface area contributed by atoms with E-state index in [0.29, 0.717) is 0 Å². The number of benzene rings is 1. The molecular formula is C12H17N2+. The summed E-state index contributed by atoms with van der Waals surface area (Å²) < 4.78 is 4.45. The van der Waals surface area contributed by atoms with Crippen molar-refractivity contribution in [2.45, 2.75) is 19.8 Å². The van der Waals surface area contributed by atoms with E-state index in [0.717, 1.165) is 6.42 Å². The maximum Gasteiger partial charge on any atom is 0.215 e. The predicted octanol–water partition coefficient (Wildman–Crippen LogP) is 1.96. The van der Waals surface area contributed by atoms with Gasteiger partial charge in [0.15, 0.2) is 7.05 Å². The highest BCUT2D eigenvalue weighted by Gasteiger charge is 2.17. The third-order valence-corrected chi connectivity index (χ3v) is 2.89. The van der Waals surface area contributed by atoms with Gasteiger partial charge in [-0.15, -0.1) is 4.68 Å². The molecule has 74 valence electrons. The van der Waals surface area contributed by atoms with E-state index in [9.17, 15) is 0 Å². The van der Waals surface area contributed by atoms with Crippen LogP contribution in [0, 0.1) is 0 Å². The molecule has 0 aliphatic carbocycles. The molecule has 0 N–H and O–H groups in total. The molecule has 0 amide bonds. The van der Waals surface area contributed by atoms with Gasteiger partial charge in [0.05, 0.1) is 12.4 Å². The Morgan fingerprint density at radius 3 is 2.71 bits per heavy atom. The second-order valence-corrected chi connectivity index (χ2v) is 3.76. The molecule has 0 fully saturated rings. The molecule has 2 rings (SSSR count). The number of hydrogen-bond acceptors (Lipinski definition) is 0. The Morgan fingerprint density at radius 1 is 1.29 bits per heavy atom. The molecule has 0 spiro atoms. The first-order valence-electron chi connectivity index (χ1n) is 5.18. The quantitative estimate of drug-likeness (QED) is 0.639. The smallest absolute Gasteiger partial charge is 0.156 e. The Balaban J connectivity index is 2.74. The van der Waals surface area contributed by atoms with Crippen LogP contribution in [0.25, 0.3) is 10.9 Å². The average Bonchev–Trinajstić information content (AvgIpc) is 2.45. The first-order valence-corrected chi connectivity index (χ1v) is 5.18. The largest absolute Gasteiger partial charge is 0.215 e. The van der Waals surface area contributed by atoms with Gasteiger partial charge in [-0.3, -0.25) is 0 Å². The Kier molecular flexibility index (Phi) is 2.28. The number of aromatic nitrogens is 2. The van der Waals surface area contributed by atoms with Crippen molar-refractivity contribution in [1.82, 2.24) is 4.68 Å². The van der Waals surface area contributed by atoms with E-state index in [1.54, 1.807) is 0 Å². The molecule has 2 nitrogen and oxygen atoms in total. The minimum atomic E-state index is 1.15. The lowest BCUT2D eigenvalue weighted by atomic mass is 10.1. The Bertz CT molecular complexity index is 455. The van der Waals surface area contributed by atoms with Crippen LogP contribution in [0.2, 0.25) is 0 Å². The van der Waals surface area contributed by atoms with Crippen LogP contribution in [0.15, 0.2) is 24.3 Å². The molecule has 0 unspecified atom stereocenters. The molecule has 1 heterocycles. The summed E-state index contributed by atoms with van der Waals surface area (Å²) in [5.74, 6) is 0. The van der Waals surface area contributed by atoms with Gasteiger partial charge in [-0.25, -0.2) is 0 Å². The second kappa shape index (κ2) is 3.45. The fourth-order valence-electron chi connectivity index (χ4n) is 2.05. The van der Waals surface area contributed by atoms with E-state index in [1.807, 2.05) is 0 Å². The average molecular weight is 189 g/mol. The first-order chi connectivity index (χ1) is 6.75. The first kappa shape index (κ1) is 9.25. The molecule has 0 saturated heterocycles. The van der Waals surface area contributed by atoms with Crippen molar-refractivity contribution in [3.63, 3.8) is 0 Å². The van der Waals surface area contributed by atoms with E-state index in [1.165, 1.54) is 23.0 Å². The van der Waals surface area contributed by atoms with Crippen molar-refractivity contribution in [3.05, 3.63) is 30.0 Å². The zero-order valence-electron chi connectivity index (χ0n) is 9.12. The van der Waals surface area contributed by atoms with Crippen LogP contribution in [0.5, 0.6) is 0 Å². The van der Waals surface area contributed by atoms with Gasteiger partial charge >= 0.3 is 0 Å². The lowest BCUT2D eigenvalue weighted by Crippen LogP contribution is -2.40. The van der Waals surface area contributed by atoms with E-state index >= 15 is 0 Å². The highest BCUT2D eigenvalue weighted by Crippen LogP contribution is 2.16. The lowest BCUT2D eigenvalue weighted by molar-refractivity contribution is -0.755. The molecule has 2 heteroatoms. The topological polar surface area (TPSA) is 8.81 Å². The van der Waals surface area contributed by atoms with Crippen LogP contribution in [-0.4, -0.2) is 4.68 Å². The number of hydrogen-bond donors (Lipinski definition) is 0. The standard InChI is InChI=1S/C12H17N2/c1-4-7-11-10-8-5-6-9-12(10)14(3)13(11)2/h5-6,8-9H,4,7H2,1-3H3/q+1. The zero-order chi connectivity index (χ0) is 10.1. The normalized spacial score (nSPS) is 11.1. The molecular weight excluding hydrogens is 172 g/mol. The second-order valence-electron chi connectivity index (χ2n) is 3.76. The van der Waals surface area contributed by atoms with Gasteiger partial charge < -0.3 is 0 Å². The summed E-state index contributed by atoms with van der Waals surface area (Å²) in [4.78, 5) is 0. The number of rotatable bonds is 2. The summed E-state index contributed by atoms with van der Waals surface area (Å²) >= 11 is 0. The Labute approximate surface area is 84.8 Å². The SMILES string of the molecule is CCCc1c2ccccc2n(C)[n+]1C. The van der Waals surface area contributed by atoms with E-state index in [-0.39, 0.29) is 0 Å². The summed E-state index contributed by atoms with van der Waals surface area (Å²) in [7, 11) is 4.24. The van der Waals surface area contributed by atoms with Gasteiger partial charge in [-0.2, -0.15) is 4.68 Å². The minimum absolute atomic E-state index is 1.15. The molecule has 0 radical (unpaired) electrons. The van der Waals surface area contributed by atoms with E-state index in [4.69, 9.17) is 0 Å². The van der Waals surface area contributed by atoms with Gasteiger partial charge in [0.2, 0.25) is 5.69 Å². The van der Waals surface area contributed by atoms with E-state index < -0.39 is 0 Å². The molecule has 0 atom stereocenters. The van der Waals surface area contributed by atoms with Crippen LogP contribution in [0.1, 0.15) is 19.0 Å². The summed E-state index contributed by atoms with van der Waals surface area (Å²) in [5.41, 5.74) is 2.75. The van der Waals surface area contributed by atoms with Crippen molar-refractivity contribution in [3.8, 4) is 0 Å². The summed E-state index contributed by atoms with van der Waals surface area (Å²) in [6.07, 6.45) is 2.35. The van der Waals surface area contributed by atoms with Crippen LogP contribution >= 0.6 is 0 Å². The molecule has 0 bridgehead atoms. The molecule has 1 aromatic carbocycles. The van der Waals surface area contributed by atoms with Crippen molar-refractivity contribution < 1.29 is 4.68 Å². The molecule has 0 aliphatic rings. The molecule has 0 aliphatic heterocycles. The lowest BCUT2D eigenvalue weighted by Gasteiger charge is -1.92. The van der Waals surface area contributed by atoms with Crippen LogP contribution < -0.4 is 4.68 Å². The highest BCUT2D eigenvalue weighted by molar-refractivity contribution is 5.80. The molecule has 1 aromatic heterocycles. The summed E-state index contributed by atoms with van der Waals surface area (Å²) in [6.45, 7) is 2.22. The maximum absolute atomic E-state index is 2.24. The fraction of sp³-hybridized carbons (Fsp3) is 0.417. The van der Waals surface area contributed by atoms with Gasteiger partial charge in [0.25, 0.3) is 0 Å². The van der Waals surface area contributed by atoms with Crippen molar-refractivity contribution in [1.29, 1.82) is 0 Å². The van der Waals surface area contributed by atoms with Gasteiger partial charge in [-0.1, -0.05) is 19.1 Å². The van der Waals surface area contributed by atoms with Crippen LogP contribution in [-0.2, 0) is 20.5 Å². The number of nitrogens with zero attached hydrogens (tertiary/aromatic N) is 2. The van der Waals surface area contributed by atoms with E-state index in [2.05, 4.69) is 54.6 Å². The predicted molar refractivity (Wildman–Crippen MR) is 58.1 cm³/mol. The van der Waals surface area contributed by atoms with Crippen molar-refractivity contribution in [2.75, 3.05) is 0 Å². The summed E-state index contributed by atoms with van der Waals surface area (Å²) in [5, 5.41) is 1.39. The molecule has 0 saturated carbocycles. The third-order valence-electron chi connectivity index (χ3n) is 2.89. The third kappa shape index (κ3) is 1.22. The van der Waals surface area contributed by atoms with Crippen LogP contribution in [0.4, 0.5) is 0 Å². The zero-order valence-corrected chi connectivity index (χ0v) is 9.12. The fourth-order valence-corrected chi connectivity index (χ4v) is 2.05. The highest BCUT2D eigenvalue weighted by atomic mass is 15.4. The molecule has 2 aromatic rings. The number of fused-ring (bicyclic) bond motifs is 1. The monoisotopic (exact) mass is 189 g/mol. The van der Waals surface area contributed by atoms with Crippen molar-refractivity contribution >= 4 is 10.9 Å². The van der Waals surface area contributed by atoms with Crippen molar-refractivity contribution in [2.24, 2.45) is 14.1 Å². The summed E-state index contributed by atoms with van der Waals surface area (Å²) in [6, 6.07) is 8.59. The maximum atomic E-state index is 2.24. The Hall–Kier alpha value is -1.31. The van der Waals surface area contributed by atoms with Gasteiger partial charge in [0, 0.05) is 6.42 Å². The Morgan fingerprint density at radius 2 is 2.00 bits per heavy atom. The number of para-hydroxylation sites is 1. The molecule has 14 heavy (non-hydrogen) atoms. The van der Waals surface area contributed by atoms with Gasteiger partial charge in [-0.05, 0) is 18.6 Å². The van der Waals surface area contributed by atoms with Crippen LogP contribution in [0.3, 0.4) is 0 Å². The number of aryl methyl sites for hydroxylation is 2. The minimum Gasteiger partial charge on any atom is -0.156 e. The van der Waals surface area contributed by atoms with Gasteiger partial charge in [0.1, 0.15) is 5.52 Å².